The van der Waals surface area contributed by atoms with Crippen LogP contribution in [0.3, 0.4) is 0 Å². The topological polar surface area (TPSA) is 50.7 Å². The molecule has 0 spiro atoms. The van der Waals surface area contributed by atoms with E-state index >= 15 is 0 Å². The van der Waals surface area contributed by atoms with Gasteiger partial charge in [-0.2, -0.15) is 13.2 Å². The third-order valence-electron chi connectivity index (χ3n) is 6.27. The van der Waals surface area contributed by atoms with Gasteiger partial charge in [0, 0.05) is 22.4 Å². The average Bonchev–Trinajstić information content (AvgIpc) is 2.78. The Balaban J connectivity index is 1.81. The maximum atomic E-state index is 13.5. The molecule has 3 aromatic carbocycles. The highest BCUT2D eigenvalue weighted by molar-refractivity contribution is 6.31. The zero-order chi connectivity index (χ0) is 26.0. The number of phenolic OH excluding ortho intramolecular Hbond substituents is 1. The molecule has 0 radical (unpaired) electrons. The zero-order valence-corrected chi connectivity index (χ0v) is 20.7. The highest BCUT2D eigenvalue weighted by atomic mass is 35.5. The van der Waals surface area contributed by atoms with Crippen LogP contribution in [0.1, 0.15) is 43.0 Å². The molecule has 0 aliphatic carbocycles. The molecule has 2 N–H and O–H groups in total. The van der Waals surface area contributed by atoms with E-state index in [4.69, 9.17) is 21.1 Å². The number of ether oxygens (including phenoxy) is 2. The monoisotopic (exact) mass is 513 g/mol. The number of fused-ring (bicyclic) bond motifs is 5. The summed E-state index contributed by atoms with van der Waals surface area (Å²) >= 11 is 5.84. The van der Waals surface area contributed by atoms with Crippen LogP contribution in [0, 0.1) is 0 Å². The number of allylic oxidation sites excluding steroid dienone is 1. The SMILES string of the molecule is COc1c(O)ccc2c1-c1ccc3c(c1C(=Cc1ccc(Cl)c(C(F)(F)F)c1)O2)C(C)=CC(C)(C)N3. The normalized spacial score (nSPS) is 16.8. The number of hydrogen-bond acceptors (Lipinski definition) is 4. The van der Waals surface area contributed by atoms with Gasteiger partial charge in [-0.15, -0.1) is 0 Å². The first-order chi connectivity index (χ1) is 16.9. The van der Waals surface area contributed by atoms with Crippen molar-refractivity contribution in [2.24, 2.45) is 0 Å². The Morgan fingerprint density at radius 2 is 1.81 bits per heavy atom. The van der Waals surface area contributed by atoms with Crippen molar-refractivity contribution >= 4 is 34.7 Å². The van der Waals surface area contributed by atoms with Crippen molar-refractivity contribution in [1.82, 2.24) is 0 Å². The van der Waals surface area contributed by atoms with Gasteiger partial charge in [-0.1, -0.05) is 29.8 Å². The summed E-state index contributed by atoms with van der Waals surface area (Å²) in [6, 6.07) is 10.7. The Morgan fingerprint density at radius 3 is 2.50 bits per heavy atom. The van der Waals surface area contributed by atoms with Crippen LogP contribution in [0.5, 0.6) is 17.2 Å². The Labute approximate surface area is 211 Å². The van der Waals surface area contributed by atoms with E-state index in [9.17, 15) is 18.3 Å². The summed E-state index contributed by atoms with van der Waals surface area (Å²) in [6.07, 6.45) is -0.936. The summed E-state index contributed by atoms with van der Waals surface area (Å²) in [5.74, 6) is 0.991. The van der Waals surface area contributed by atoms with Crippen molar-refractivity contribution in [3.63, 3.8) is 0 Å². The smallest absolute Gasteiger partial charge is 0.417 e. The van der Waals surface area contributed by atoms with E-state index in [0.29, 0.717) is 22.6 Å². The predicted molar refractivity (Wildman–Crippen MR) is 136 cm³/mol. The molecule has 0 amide bonds. The van der Waals surface area contributed by atoms with Crippen LogP contribution >= 0.6 is 11.6 Å². The third kappa shape index (κ3) is 3.97. The molecule has 0 atom stereocenters. The lowest BCUT2D eigenvalue weighted by Crippen LogP contribution is -2.32. The molecule has 0 saturated heterocycles. The molecule has 2 aliphatic rings. The number of methoxy groups -OCH3 is 1. The Kier molecular flexibility index (Phi) is 5.52. The molecule has 0 bridgehead atoms. The summed E-state index contributed by atoms with van der Waals surface area (Å²) < 4.78 is 52.4. The Hall–Kier alpha value is -3.58. The van der Waals surface area contributed by atoms with Crippen LogP contribution in [-0.2, 0) is 6.18 Å². The quantitative estimate of drug-likeness (QED) is 0.362. The van der Waals surface area contributed by atoms with Crippen LogP contribution in [0.2, 0.25) is 5.02 Å². The van der Waals surface area contributed by atoms with Gasteiger partial charge in [0.25, 0.3) is 0 Å². The van der Waals surface area contributed by atoms with Crippen molar-refractivity contribution in [2.75, 3.05) is 12.4 Å². The van der Waals surface area contributed by atoms with Crippen LogP contribution in [0.25, 0.3) is 28.5 Å². The second-order valence-electron chi connectivity index (χ2n) is 9.42. The molecule has 0 saturated carbocycles. The fourth-order valence-electron chi connectivity index (χ4n) is 4.95. The fraction of sp³-hybridized carbons (Fsp3) is 0.214. The van der Waals surface area contributed by atoms with E-state index in [1.54, 1.807) is 12.1 Å². The number of aromatic hydroxyl groups is 1. The van der Waals surface area contributed by atoms with E-state index in [0.717, 1.165) is 28.5 Å². The third-order valence-corrected chi connectivity index (χ3v) is 6.60. The largest absolute Gasteiger partial charge is 0.504 e. The van der Waals surface area contributed by atoms with Crippen LogP contribution in [0.15, 0.2) is 48.5 Å². The van der Waals surface area contributed by atoms with Crippen molar-refractivity contribution in [1.29, 1.82) is 0 Å². The second kappa shape index (κ2) is 8.23. The minimum Gasteiger partial charge on any atom is -0.504 e. The number of nitrogens with one attached hydrogen (secondary N) is 1. The molecule has 0 aromatic heterocycles. The molecule has 0 unspecified atom stereocenters. The number of phenols is 1. The minimum absolute atomic E-state index is 0.0463. The summed E-state index contributed by atoms with van der Waals surface area (Å²) in [4.78, 5) is 0. The summed E-state index contributed by atoms with van der Waals surface area (Å²) in [5, 5.41) is 13.6. The molecule has 2 heterocycles. The first kappa shape index (κ1) is 24.1. The van der Waals surface area contributed by atoms with Gasteiger partial charge in [0.2, 0.25) is 0 Å². The molecule has 36 heavy (non-hydrogen) atoms. The maximum absolute atomic E-state index is 13.5. The van der Waals surface area contributed by atoms with Gasteiger partial charge in [-0.25, -0.2) is 0 Å². The fourth-order valence-corrected chi connectivity index (χ4v) is 5.17. The molecule has 4 nitrogen and oxygen atoms in total. The van der Waals surface area contributed by atoms with Gasteiger partial charge in [-0.05, 0) is 68.3 Å². The zero-order valence-electron chi connectivity index (χ0n) is 20.0. The van der Waals surface area contributed by atoms with Crippen molar-refractivity contribution < 1.29 is 27.8 Å². The van der Waals surface area contributed by atoms with Crippen LogP contribution in [0.4, 0.5) is 18.9 Å². The molecule has 186 valence electrons. The van der Waals surface area contributed by atoms with Gasteiger partial charge < -0.3 is 19.9 Å². The first-order valence-corrected chi connectivity index (χ1v) is 11.6. The van der Waals surface area contributed by atoms with E-state index < -0.39 is 11.7 Å². The average molecular weight is 514 g/mol. The van der Waals surface area contributed by atoms with E-state index in [1.165, 1.54) is 25.3 Å². The van der Waals surface area contributed by atoms with E-state index in [1.807, 2.05) is 19.1 Å². The highest BCUT2D eigenvalue weighted by Crippen LogP contribution is 2.54. The van der Waals surface area contributed by atoms with Crippen molar-refractivity contribution in [3.8, 4) is 28.4 Å². The Bertz CT molecular complexity index is 1470. The van der Waals surface area contributed by atoms with Crippen LogP contribution < -0.4 is 14.8 Å². The molecule has 8 heteroatoms. The molecule has 3 aromatic rings. The molecule has 0 fully saturated rings. The summed E-state index contributed by atoms with van der Waals surface area (Å²) in [7, 11) is 1.46. The number of alkyl halides is 3. The van der Waals surface area contributed by atoms with Gasteiger partial charge in [0.1, 0.15) is 11.5 Å². The number of benzene rings is 3. The van der Waals surface area contributed by atoms with Gasteiger partial charge >= 0.3 is 6.18 Å². The molecular weight excluding hydrogens is 491 g/mol. The number of anilines is 1. The number of rotatable bonds is 2. The van der Waals surface area contributed by atoms with Crippen LogP contribution in [-0.4, -0.2) is 17.8 Å². The van der Waals surface area contributed by atoms with Gasteiger partial charge in [0.05, 0.1) is 28.8 Å². The molecular formula is C28H23ClF3NO3. The summed E-state index contributed by atoms with van der Waals surface area (Å²) in [6.45, 7) is 6.09. The lowest BCUT2D eigenvalue weighted by Gasteiger charge is -2.35. The lowest BCUT2D eigenvalue weighted by atomic mass is 9.82. The standard InChI is InChI=1S/C28H23ClF3NO3/c1-14-13-27(2,3)33-19-8-6-16-24(23(14)19)22(36-21-10-9-20(34)26(35-4)25(16)21)12-15-5-7-18(29)17(11-15)28(30,31)32/h5-13,33-34H,1-4H3. The minimum atomic E-state index is -4.59. The highest BCUT2D eigenvalue weighted by Gasteiger charge is 2.35. The Morgan fingerprint density at radius 1 is 1.06 bits per heavy atom. The van der Waals surface area contributed by atoms with Gasteiger partial charge in [0.15, 0.2) is 11.5 Å². The second-order valence-corrected chi connectivity index (χ2v) is 9.83. The van der Waals surface area contributed by atoms with Gasteiger partial charge in [-0.3, -0.25) is 0 Å². The molecule has 5 rings (SSSR count). The summed E-state index contributed by atoms with van der Waals surface area (Å²) in [5.41, 5.74) is 3.75. The van der Waals surface area contributed by atoms with E-state index in [-0.39, 0.29) is 27.6 Å². The first-order valence-electron chi connectivity index (χ1n) is 11.2. The maximum Gasteiger partial charge on any atom is 0.417 e. The number of hydrogen-bond donors (Lipinski definition) is 2. The van der Waals surface area contributed by atoms with E-state index in [2.05, 4.69) is 25.2 Å². The lowest BCUT2D eigenvalue weighted by molar-refractivity contribution is -0.137. The van der Waals surface area contributed by atoms with Crippen molar-refractivity contribution in [2.45, 2.75) is 32.5 Å². The van der Waals surface area contributed by atoms with Crippen molar-refractivity contribution in [3.05, 3.63) is 75.8 Å². The number of halogens is 4. The molecule has 2 aliphatic heterocycles. The predicted octanol–water partition coefficient (Wildman–Crippen LogP) is 8.24.